The van der Waals surface area contributed by atoms with Crippen molar-refractivity contribution < 1.29 is 8.42 Å². The summed E-state index contributed by atoms with van der Waals surface area (Å²) in [6, 6.07) is 0. The molecule has 2 aromatic heterocycles. The smallest absolute Gasteiger partial charge is 0.243 e. The first kappa shape index (κ1) is 12.4. The van der Waals surface area contributed by atoms with Crippen LogP contribution in [0.3, 0.4) is 0 Å². The third-order valence-corrected chi connectivity index (χ3v) is 3.48. The predicted octanol–water partition coefficient (Wildman–Crippen LogP) is -1.37. The van der Waals surface area contributed by atoms with Gasteiger partial charge in [0.1, 0.15) is 4.90 Å². The van der Waals surface area contributed by atoms with Gasteiger partial charge in [0.15, 0.2) is 0 Å². The van der Waals surface area contributed by atoms with Crippen molar-refractivity contribution in [3.8, 4) is 0 Å². The highest BCUT2D eigenvalue weighted by atomic mass is 32.2. The maximum atomic E-state index is 11.8. The largest absolute Gasteiger partial charge is 0.368 e. The summed E-state index contributed by atoms with van der Waals surface area (Å²) in [4.78, 5) is 7.21. The van der Waals surface area contributed by atoms with E-state index >= 15 is 0 Å². The van der Waals surface area contributed by atoms with Crippen LogP contribution in [0.25, 0.3) is 0 Å². The summed E-state index contributed by atoms with van der Waals surface area (Å²) >= 11 is 0. The molecule has 0 unspecified atom stereocenters. The second kappa shape index (κ2) is 5.06. The van der Waals surface area contributed by atoms with Gasteiger partial charge in [-0.15, -0.1) is 5.10 Å². The maximum Gasteiger partial charge on any atom is 0.243 e. The normalized spacial score (nSPS) is 11.6. The second-order valence-electron chi connectivity index (χ2n) is 3.34. The van der Waals surface area contributed by atoms with Crippen LogP contribution in [0.4, 0.5) is 5.95 Å². The van der Waals surface area contributed by atoms with Crippen molar-refractivity contribution in [2.45, 2.75) is 11.4 Å². The minimum atomic E-state index is -3.62. The molecule has 0 bridgehead atoms. The zero-order chi connectivity index (χ0) is 13.0. The molecule has 0 spiro atoms. The number of hydrogen-bond acceptors (Lipinski definition) is 7. The molecule has 9 nitrogen and oxygen atoms in total. The molecule has 0 aliphatic rings. The Morgan fingerprint density at radius 3 is 2.67 bits per heavy atom. The summed E-state index contributed by atoms with van der Waals surface area (Å²) in [5.74, 6) is 0.0246. The molecular formula is C8H11N7O2S. The number of nitrogen functional groups attached to an aromatic ring is 1. The van der Waals surface area contributed by atoms with Crippen LogP contribution in [0.1, 0.15) is 0 Å². The molecule has 0 aliphatic heterocycles. The van der Waals surface area contributed by atoms with Gasteiger partial charge in [-0.25, -0.2) is 23.1 Å². The Bertz CT molecular complexity index is 593. The zero-order valence-electron chi connectivity index (χ0n) is 9.26. The number of sulfonamides is 1. The van der Waals surface area contributed by atoms with E-state index in [1.807, 2.05) is 0 Å². The molecule has 96 valence electrons. The standard InChI is InChI=1S/C8H11N7O2S/c9-8-10-5-7(6-11-8)18(16,17)13-2-4-15-3-1-12-14-15/h1,3,5-6,13H,2,4H2,(H2,9,10,11). The van der Waals surface area contributed by atoms with Gasteiger partial charge >= 0.3 is 0 Å². The molecule has 0 amide bonds. The number of nitrogens with zero attached hydrogens (tertiary/aromatic N) is 5. The Morgan fingerprint density at radius 2 is 2.06 bits per heavy atom. The topological polar surface area (TPSA) is 129 Å². The van der Waals surface area contributed by atoms with E-state index in [4.69, 9.17) is 5.73 Å². The number of aromatic nitrogens is 5. The van der Waals surface area contributed by atoms with Crippen molar-refractivity contribution >= 4 is 16.0 Å². The van der Waals surface area contributed by atoms with Crippen LogP contribution in [0.15, 0.2) is 29.7 Å². The quantitative estimate of drug-likeness (QED) is 0.685. The number of anilines is 1. The van der Waals surface area contributed by atoms with Gasteiger partial charge in [-0.3, -0.25) is 4.68 Å². The van der Waals surface area contributed by atoms with Gasteiger partial charge in [0, 0.05) is 12.7 Å². The molecule has 0 saturated heterocycles. The fraction of sp³-hybridized carbons (Fsp3) is 0.250. The SMILES string of the molecule is Nc1ncc(S(=O)(=O)NCCn2ccnn2)cn1. The lowest BCUT2D eigenvalue weighted by atomic mass is 10.6. The molecule has 18 heavy (non-hydrogen) atoms. The van der Waals surface area contributed by atoms with Gasteiger partial charge in [-0.05, 0) is 0 Å². The highest BCUT2D eigenvalue weighted by molar-refractivity contribution is 7.89. The van der Waals surface area contributed by atoms with Crippen LogP contribution in [-0.2, 0) is 16.6 Å². The van der Waals surface area contributed by atoms with E-state index in [9.17, 15) is 8.42 Å². The predicted molar refractivity (Wildman–Crippen MR) is 61.7 cm³/mol. The summed E-state index contributed by atoms with van der Waals surface area (Å²) in [6.07, 6.45) is 5.46. The summed E-state index contributed by atoms with van der Waals surface area (Å²) in [6.45, 7) is 0.575. The van der Waals surface area contributed by atoms with Crippen molar-refractivity contribution in [3.05, 3.63) is 24.8 Å². The average molecular weight is 269 g/mol. The first-order chi connectivity index (χ1) is 8.58. The Labute approximate surface area is 103 Å². The van der Waals surface area contributed by atoms with Gasteiger partial charge in [0.25, 0.3) is 0 Å². The Balaban J connectivity index is 1.97. The molecule has 0 atom stereocenters. The first-order valence-corrected chi connectivity index (χ1v) is 6.47. The summed E-state index contributed by atoms with van der Waals surface area (Å²) in [5, 5.41) is 7.32. The van der Waals surface area contributed by atoms with Crippen LogP contribution in [-0.4, -0.2) is 39.9 Å². The van der Waals surface area contributed by atoms with E-state index in [0.717, 1.165) is 12.4 Å². The van der Waals surface area contributed by atoms with Crippen molar-refractivity contribution in [3.63, 3.8) is 0 Å². The lowest BCUT2D eigenvalue weighted by Gasteiger charge is -2.05. The molecule has 0 saturated carbocycles. The molecule has 0 fully saturated rings. The number of nitrogens with two attached hydrogens (primary N) is 1. The van der Waals surface area contributed by atoms with Crippen LogP contribution in [0.2, 0.25) is 0 Å². The Kier molecular flexibility index (Phi) is 3.48. The minimum absolute atomic E-state index is 0.0246. The van der Waals surface area contributed by atoms with E-state index in [0.29, 0.717) is 6.54 Å². The van der Waals surface area contributed by atoms with Gasteiger partial charge in [-0.2, -0.15) is 0 Å². The van der Waals surface area contributed by atoms with Gasteiger partial charge in [0.2, 0.25) is 16.0 Å². The molecule has 2 rings (SSSR count). The first-order valence-electron chi connectivity index (χ1n) is 4.99. The van der Waals surface area contributed by atoms with Crippen molar-refractivity contribution in [1.29, 1.82) is 0 Å². The monoisotopic (exact) mass is 269 g/mol. The van der Waals surface area contributed by atoms with Crippen LogP contribution >= 0.6 is 0 Å². The number of nitrogens with one attached hydrogen (secondary N) is 1. The van der Waals surface area contributed by atoms with E-state index in [-0.39, 0.29) is 17.4 Å². The third-order valence-electron chi connectivity index (χ3n) is 2.06. The third kappa shape index (κ3) is 2.99. The highest BCUT2D eigenvalue weighted by Gasteiger charge is 2.14. The minimum Gasteiger partial charge on any atom is -0.368 e. The molecule has 2 aromatic rings. The van der Waals surface area contributed by atoms with Crippen LogP contribution in [0.5, 0.6) is 0 Å². The van der Waals surface area contributed by atoms with Crippen molar-refractivity contribution in [2.24, 2.45) is 0 Å². The summed E-state index contributed by atoms with van der Waals surface area (Å²) in [5.41, 5.74) is 5.28. The van der Waals surface area contributed by atoms with E-state index < -0.39 is 10.0 Å². The zero-order valence-corrected chi connectivity index (χ0v) is 10.1. The van der Waals surface area contributed by atoms with E-state index in [2.05, 4.69) is 25.0 Å². The summed E-state index contributed by atoms with van der Waals surface area (Å²) in [7, 11) is -3.62. The highest BCUT2D eigenvalue weighted by Crippen LogP contribution is 2.05. The lowest BCUT2D eigenvalue weighted by molar-refractivity contribution is 0.552. The van der Waals surface area contributed by atoms with Crippen LogP contribution in [0, 0.1) is 0 Å². The van der Waals surface area contributed by atoms with E-state index in [1.165, 1.54) is 10.9 Å². The molecule has 0 aromatic carbocycles. The average Bonchev–Trinajstić information content (AvgIpc) is 2.82. The van der Waals surface area contributed by atoms with Gasteiger partial charge in [-0.1, -0.05) is 5.21 Å². The molecule has 3 N–H and O–H groups in total. The molecule has 0 radical (unpaired) electrons. The van der Waals surface area contributed by atoms with Gasteiger partial charge < -0.3 is 5.73 Å². The van der Waals surface area contributed by atoms with Gasteiger partial charge in [0.05, 0.1) is 25.1 Å². The molecular weight excluding hydrogens is 258 g/mol. The van der Waals surface area contributed by atoms with Crippen molar-refractivity contribution in [1.82, 2.24) is 29.7 Å². The Morgan fingerprint density at radius 1 is 1.33 bits per heavy atom. The van der Waals surface area contributed by atoms with Crippen molar-refractivity contribution in [2.75, 3.05) is 12.3 Å². The molecule has 10 heteroatoms. The number of rotatable bonds is 5. The second-order valence-corrected chi connectivity index (χ2v) is 5.11. The van der Waals surface area contributed by atoms with E-state index in [1.54, 1.807) is 6.20 Å². The molecule has 0 aliphatic carbocycles. The number of hydrogen-bond donors (Lipinski definition) is 2. The fourth-order valence-corrected chi connectivity index (χ4v) is 2.10. The summed E-state index contributed by atoms with van der Waals surface area (Å²) < 4.78 is 27.5. The molecule has 2 heterocycles. The fourth-order valence-electron chi connectivity index (χ4n) is 1.19. The lowest BCUT2D eigenvalue weighted by Crippen LogP contribution is -2.27. The van der Waals surface area contributed by atoms with Crippen LogP contribution < -0.4 is 10.5 Å². The maximum absolute atomic E-state index is 11.8. The Hall–Kier alpha value is -2.07.